The van der Waals surface area contributed by atoms with E-state index in [1.54, 1.807) is 39.0 Å². The van der Waals surface area contributed by atoms with Crippen LogP contribution in [0.3, 0.4) is 0 Å². The first-order chi connectivity index (χ1) is 7.81. The third-order valence-corrected chi connectivity index (χ3v) is 2.01. The molecule has 0 unspecified atom stereocenters. The van der Waals surface area contributed by atoms with Gasteiger partial charge in [0, 0.05) is 6.20 Å². The maximum Gasteiger partial charge on any atom is 0.326 e. The molecule has 0 aliphatic rings. The molecule has 0 aliphatic carbocycles. The van der Waals surface area contributed by atoms with Crippen molar-refractivity contribution in [2.24, 2.45) is 5.73 Å². The Morgan fingerprint density at radius 1 is 1.47 bits per heavy atom. The van der Waals surface area contributed by atoms with E-state index in [4.69, 9.17) is 10.5 Å². The Bertz CT molecular complexity index is 373. The number of rotatable bonds is 3. The van der Waals surface area contributed by atoms with Gasteiger partial charge < -0.3 is 15.6 Å². The minimum Gasteiger partial charge on any atom is -0.459 e. The number of hydrogen-bond donors (Lipinski definition) is 2. The molecule has 0 aromatic carbocycles. The highest BCUT2D eigenvalue weighted by Crippen LogP contribution is 2.16. The highest BCUT2D eigenvalue weighted by atomic mass is 16.6. The number of pyridine rings is 1. The number of esters is 1. The SMILES string of the molecule is CC(C)(C)OC(=O)[C@H](N)[C@H](O)c1ccccn1. The first kappa shape index (κ1) is 13.6. The Kier molecular flexibility index (Phi) is 4.20. The average Bonchev–Trinajstić information content (AvgIpc) is 2.26. The molecule has 0 amide bonds. The van der Waals surface area contributed by atoms with Crippen LogP contribution in [0.15, 0.2) is 24.4 Å². The van der Waals surface area contributed by atoms with E-state index in [1.807, 2.05) is 0 Å². The van der Waals surface area contributed by atoms with Crippen molar-refractivity contribution >= 4 is 5.97 Å². The minimum atomic E-state index is -1.16. The number of aliphatic hydroxyl groups is 1. The number of hydrogen-bond acceptors (Lipinski definition) is 5. The number of carbonyl (C=O) groups excluding carboxylic acids is 1. The van der Waals surface area contributed by atoms with Crippen LogP contribution in [-0.2, 0) is 9.53 Å². The predicted octanol–water partition coefficient (Wildman–Crippen LogP) is 0.784. The molecule has 1 aromatic heterocycles. The van der Waals surface area contributed by atoms with Crippen LogP contribution in [0.1, 0.15) is 32.6 Å². The topological polar surface area (TPSA) is 85.4 Å². The van der Waals surface area contributed by atoms with Gasteiger partial charge in [0.1, 0.15) is 17.7 Å². The minimum absolute atomic E-state index is 0.353. The van der Waals surface area contributed by atoms with Crippen molar-refractivity contribution in [3.05, 3.63) is 30.1 Å². The molecule has 0 saturated carbocycles. The predicted molar refractivity (Wildman–Crippen MR) is 63.0 cm³/mol. The molecule has 0 fully saturated rings. The zero-order valence-corrected chi connectivity index (χ0v) is 10.3. The number of aliphatic hydroxyl groups excluding tert-OH is 1. The van der Waals surface area contributed by atoms with Gasteiger partial charge in [-0.2, -0.15) is 0 Å². The van der Waals surface area contributed by atoms with Gasteiger partial charge in [0.2, 0.25) is 0 Å². The van der Waals surface area contributed by atoms with Gasteiger partial charge in [-0.3, -0.25) is 9.78 Å². The van der Waals surface area contributed by atoms with Crippen molar-refractivity contribution < 1.29 is 14.6 Å². The monoisotopic (exact) mass is 238 g/mol. The van der Waals surface area contributed by atoms with Gasteiger partial charge in [-0.1, -0.05) is 6.07 Å². The lowest BCUT2D eigenvalue weighted by atomic mass is 10.1. The van der Waals surface area contributed by atoms with Crippen LogP contribution in [0.25, 0.3) is 0 Å². The fraction of sp³-hybridized carbons (Fsp3) is 0.500. The molecule has 0 saturated heterocycles. The number of aromatic nitrogens is 1. The Balaban J connectivity index is 2.70. The van der Waals surface area contributed by atoms with Crippen LogP contribution in [-0.4, -0.2) is 27.7 Å². The highest BCUT2D eigenvalue weighted by molar-refractivity contribution is 5.76. The maximum atomic E-state index is 11.6. The van der Waals surface area contributed by atoms with Crippen molar-refractivity contribution in [1.82, 2.24) is 4.98 Å². The van der Waals surface area contributed by atoms with Crippen LogP contribution >= 0.6 is 0 Å². The lowest BCUT2D eigenvalue weighted by molar-refractivity contribution is -0.159. The second kappa shape index (κ2) is 5.25. The Morgan fingerprint density at radius 3 is 2.59 bits per heavy atom. The normalized spacial score (nSPS) is 15.1. The molecule has 3 N–H and O–H groups in total. The largest absolute Gasteiger partial charge is 0.459 e. The zero-order valence-electron chi connectivity index (χ0n) is 10.3. The first-order valence-electron chi connectivity index (χ1n) is 5.39. The molecule has 1 heterocycles. The fourth-order valence-electron chi connectivity index (χ4n) is 1.23. The van der Waals surface area contributed by atoms with Gasteiger partial charge in [-0.25, -0.2) is 0 Å². The van der Waals surface area contributed by atoms with Gasteiger partial charge in [0.25, 0.3) is 0 Å². The smallest absolute Gasteiger partial charge is 0.326 e. The molecule has 2 atom stereocenters. The lowest BCUT2D eigenvalue weighted by Gasteiger charge is -2.24. The molecule has 1 aromatic rings. The van der Waals surface area contributed by atoms with E-state index in [9.17, 15) is 9.90 Å². The molecule has 0 spiro atoms. The molecular formula is C12H18N2O3. The third kappa shape index (κ3) is 4.13. The van der Waals surface area contributed by atoms with Crippen LogP contribution in [0.5, 0.6) is 0 Å². The van der Waals surface area contributed by atoms with Crippen LogP contribution in [0.2, 0.25) is 0 Å². The quantitative estimate of drug-likeness (QED) is 0.760. The Labute approximate surface area is 101 Å². The molecule has 5 heteroatoms. The summed E-state index contributed by atoms with van der Waals surface area (Å²) in [6.45, 7) is 5.22. The molecule has 5 nitrogen and oxygen atoms in total. The summed E-state index contributed by atoms with van der Waals surface area (Å²) in [4.78, 5) is 15.6. The van der Waals surface area contributed by atoms with E-state index in [0.29, 0.717) is 5.69 Å². The summed E-state index contributed by atoms with van der Waals surface area (Å²) in [5.74, 6) is -0.643. The second-order valence-corrected chi connectivity index (χ2v) is 4.76. The molecule has 94 valence electrons. The van der Waals surface area contributed by atoms with E-state index in [-0.39, 0.29) is 0 Å². The third-order valence-electron chi connectivity index (χ3n) is 2.01. The van der Waals surface area contributed by atoms with Gasteiger partial charge in [0.15, 0.2) is 0 Å². The number of ether oxygens (including phenoxy) is 1. The van der Waals surface area contributed by atoms with E-state index in [1.165, 1.54) is 6.20 Å². The number of nitrogens with two attached hydrogens (primary N) is 1. The number of carbonyl (C=O) groups is 1. The van der Waals surface area contributed by atoms with Gasteiger partial charge in [-0.15, -0.1) is 0 Å². The summed E-state index contributed by atoms with van der Waals surface area (Å²) in [6.07, 6.45) is 0.367. The van der Waals surface area contributed by atoms with E-state index < -0.39 is 23.7 Å². The van der Waals surface area contributed by atoms with E-state index >= 15 is 0 Å². The Morgan fingerprint density at radius 2 is 2.12 bits per heavy atom. The lowest BCUT2D eigenvalue weighted by Crippen LogP contribution is -2.41. The molecule has 17 heavy (non-hydrogen) atoms. The molecule has 1 rings (SSSR count). The summed E-state index contributed by atoms with van der Waals surface area (Å²) in [5, 5.41) is 9.87. The van der Waals surface area contributed by atoms with Crippen molar-refractivity contribution in [2.45, 2.75) is 38.5 Å². The van der Waals surface area contributed by atoms with Crippen molar-refractivity contribution in [2.75, 3.05) is 0 Å². The summed E-state index contributed by atoms with van der Waals surface area (Å²) in [7, 11) is 0. The summed E-state index contributed by atoms with van der Waals surface area (Å²) >= 11 is 0. The van der Waals surface area contributed by atoms with Crippen LogP contribution in [0.4, 0.5) is 0 Å². The van der Waals surface area contributed by atoms with Gasteiger partial charge in [0.05, 0.1) is 5.69 Å². The maximum absolute atomic E-state index is 11.6. The average molecular weight is 238 g/mol. The van der Waals surface area contributed by atoms with Crippen LogP contribution < -0.4 is 5.73 Å². The van der Waals surface area contributed by atoms with Crippen LogP contribution in [0, 0.1) is 0 Å². The fourth-order valence-corrected chi connectivity index (χ4v) is 1.23. The summed E-state index contributed by atoms with van der Waals surface area (Å²) in [6, 6.07) is 3.90. The second-order valence-electron chi connectivity index (χ2n) is 4.76. The highest BCUT2D eigenvalue weighted by Gasteiger charge is 2.29. The molecular weight excluding hydrogens is 220 g/mol. The van der Waals surface area contributed by atoms with Crippen molar-refractivity contribution in [3.63, 3.8) is 0 Å². The molecule has 0 aliphatic heterocycles. The summed E-state index contributed by atoms with van der Waals surface area (Å²) < 4.78 is 5.09. The molecule has 0 bridgehead atoms. The standard InChI is InChI=1S/C12H18N2O3/c1-12(2,3)17-11(16)9(13)10(15)8-6-4-5-7-14-8/h4-7,9-10,15H,13H2,1-3H3/t9-,10-/m1/s1. The zero-order chi connectivity index (χ0) is 13.1. The summed E-state index contributed by atoms with van der Waals surface area (Å²) in [5.41, 5.74) is 5.36. The van der Waals surface area contributed by atoms with Gasteiger partial charge in [-0.05, 0) is 32.9 Å². The molecule has 0 radical (unpaired) electrons. The Hall–Kier alpha value is -1.46. The van der Waals surface area contributed by atoms with Crippen molar-refractivity contribution in [3.8, 4) is 0 Å². The van der Waals surface area contributed by atoms with Crippen molar-refractivity contribution in [1.29, 1.82) is 0 Å². The van der Waals surface area contributed by atoms with Gasteiger partial charge >= 0.3 is 5.97 Å². The van der Waals surface area contributed by atoms with E-state index in [0.717, 1.165) is 0 Å². The number of nitrogens with zero attached hydrogens (tertiary/aromatic N) is 1. The first-order valence-corrected chi connectivity index (χ1v) is 5.39. The van der Waals surface area contributed by atoms with E-state index in [2.05, 4.69) is 4.98 Å².